The molecule has 2 N–H and O–H groups in total. The number of ether oxygens (including phenoxy) is 2. The van der Waals surface area contributed by atoms with E-state index in [1.807, 2.05) is 42.5 Å². The number of nitrogens with one attached hydrogen (secondary N) is 2. The minimum Gasteiger partial charge on any atom is -0.484 e. The van der Waals surface area contributed by atoms with Crippen molar-refractivity contribution in [2.75, 3.05) is 13.2 Å². The van der Waals surface area contributed by atoms with Crippen LogP contribution in [-0.4, -0.2) is 25.0 Å². The SMILES string of the molecule is O=C(COc1ccccc1)NNC(=O)COc1ccc2ccccc2c1. The van der Waals surface area contributed by atoms with Gasteiger partial charge in [0.05, 0.1) is 0 Å². The molecule has 6 nitrogen and oxygen atoms in total. The predicted octanol–water partition coefficient (Wildman–Crippen LogP) is 2.45. The molecule has 3 aromatic carbocycles. The second-order valence-electron chi connectivity index (χ2n) is 5.50. The van der Waals surface area contributed by atoms with Crippen molar-refractivity contribution in [2.24, 2.45) is 0 Å². The van der Waals surface area contributed by atoms with Crippen molar-refractivity contribution >= 4 is 22.6 Å². The molecule has 2 amide bonds. The van der Waals surface area contributed by atoms with Crippen molar-refractivity contribution in [3.8, 4) is 11.5 Å². The highest BCUT2D eigenvalue weighted by molar-refractivity contribution is 5.85. The first kappa shape index (κ1) is 17.3. The van der Waals surface area contributed by atoms with E-state index in [2.05, 4.69) is 10.9 Å². The van der Waals surface area contributed by atoms with Gasteiger partial charge in [-0.3, -0.25) is 20.4 Å². The minimum absolute atomic E-state index is 0.199. The fourth-order valence-corrected chi connectivity index (χ4v) is 2.28. The lowest BCUT2D eigenvalue weighted by Crippen LogP contribution is -2.45. The van der Waals surface area contributed by atoms with Gasteiger partial charge in [0.1, 0.15) is 11.5 Å². The molecule has 0 saturated heterocycles. The van der Waals surface area contributed by atoms with Crippen molar-refractivity contribution in [1.82, 2.24) is 10.9 Å². The third kappa shape index (κ3) is 4.98. The van der Waals surface area contributed by atoms with Crippen LogP contribution >= 0.6 is 0 Å². The largest absolute Gasteiger partial charge is 0.484 e. The molecule has 0 saturated carbocycles. The predicted molar refractivity (Wildman–Crippen MR) is 97.7 cm³/mol. The highest BCUT2D eigenvalue weighted by atomic mass is 16.5. The molecule has 6 heteroatoms. The summed E-state index contributed by atoms with van der Waals surface area (Å²) in [7, 11) is 0. The molecule has 0 aliphatic rings. The zero-order chi connectivity index (χ0) is 18.2. The number of rotatable bonds is 6. The van der Waals surface area contributed by atoms with Crippen molar-refractivity contribution in [2.45, 2.75) is 0 Å². The van der Waals surface area contributed by atoms with Crippen molar-refractivity contribution in [3.63, 3.8) is 0 Å². The number of carbonyl (C=O) groups is 2. The Hall–Kier alpha value is -3.54. The van der Waals surface area contributed by atoms with Crippen molar-refractivity contribution in [3.05, 3.63) is 72.8 Å². The average molecular weight is 350 g/mol. The summed E-state index contributed by atoms with van der Waals surface area (Å²) in [6, 6.07) is 22.4. The third-order valence-electron chi connectivity index (χ3n) is 3.55. The Morgan fingerprint density at radius 1 is 0.654 bits per heavy atom. The highest BCUT2D eigenvalue weighted by Crippen LogP contribution is 2.20. The lowest BCUT2D eigenvalue weighted by Gasteiger charge is -2.10. The number of hydrogen-bond donors (Lipinski definition) is 2. The van der Waals surface area contributed by atoms with Crippen LogP contribution in [0.1, 0.15) is 0 Å². The average Bonchev–Trinajstić information content (AvgIpc) is 2.69. The van der Waals surface area contributed by atoms with E-state index < -0.39 is 11.8 Å². The van der Waals surface area contributed by atoms with Crippen LogP contribution in [0.3, 0.4) is 0 Å². The Morgan fingerprint density at radius 3 is 1.92 bits per heavy atom. The molecule has 0 fully saturated rings. The lowest BCUT2D eigenvalue weighted by molar-refractivity contribution is -0.131. The maximum atomic E-state index is 11.8. The van der Waals surface area contributed by atoms with Gasteiger partial charge in [-0.2, -0.15) is 0 Å². The van der Waals surface area contributed by atoms with E-state index in [4.69, 9.17) is 9.47 Å². The zero-order valence-corrected chi connectivity index (χ0v) is 14.0. The van der Waals surface area contributed by atoms with E-state index >= 15 is 0 Å². The molecule has 3 aromatic rings. The lowest BCUT2D eigenvalue weighted by atomic mass is 10.1. The normalized spacial score (nSPS) is 10.2. The molecule has 0 aliphatic heterocycles. The molecule has 0 aliphatic carbocycles. The summed E-state index contributed by atoms with van der Waals surface area (Å²) in [5.41, 5.74) is 4.56. The number of hydrogen-bond acceptors (Lipinski definition) is 4. The zero-order valence-electron chi connectivity index (χ0n) is 14.0. The molecule has 0 bridgehead atoms. The Balaban J connectivity index is 1.40. The first-order chi connectivity index (χ1) is 12.7. The molecule has 0 radical (unpaired) electrons. The Morgan fingerprint density at radius 2 is 1.23 bits per heavy atom. The molecule has 26 heavy (non-hydrogen) atoms. The van der Waals surface area contributed by atoms with Crippen LogP contribution < -0.4 is 20.3 Å². The Kier molecular flexibility index (Phi) is 5.67. The number of fused-ring (bicyclic) bond motifs is 1. The molecule has 132 valence electrons. The van der Waals surface area contributed by atoms with E-state index in [1.165, 1.54) is 0 Å². The number of benzene rings is 3. The monoisotopic (exact) mass is 350 g/mol. The van der Waals surface area contributed by atoms with Crippen molar-refractivity contribution in [1.29, 1.82) is 0 Å². The van der Waals surface area contributed by atoms with E-state index in [1.54, 1.807) is 30.3 Å². The van der Waals surface area contributed by atoms with E-state index in [9.17, 15) is 9.59 Å². The highest BCUT2D eigenvalue weighted by Gasteiger charge is 2.07. The van der Waals surface area contributed by atoms with Gasteiger partial charge in [-0.05, 0) is 35.0 Å². The van der Waals surface area contributed by atoms with Gasteiger partial charge in [-0.25, -0.2) is 0 Å². The fraction of sp³-hybridized carbons (Fsp3) is 0.100. The van der Waals surface area contributed by atoms with Crippen LogP contribution in [0, 0.1) is 0 Å². The number of amides is 2. The quantitative estimate of drug-likeness (QED) is 0.670. The van der Waals surface area contributed by atoms with Crippen LogP contribution in [0.25, 0.3) is 10.8 Å². The maximum Gasteiger partial charge on any atom is 0.276 e. The van der Waals surface area contributed by atoms with Gasteiger partial charge in [-0.15, -0.1) is 0 Å². The number of para-hydroxylation sites is 1. The van der Waals surface area contributed by atoms with E-state index in [-0.39, 0.29) is 13.2 Å². The standard InChI is InChI=1S/C20H18N2O4/c23-19(13-25-17-8-2-1-3-9-17)21-22-20(24)14-26-18-11-10-15-6-4-5-7-16(15)12-18/h1-12H,13-14H2,(H,21,23)(H,22,24). The number of carbonyl (C=O) groups excluding carboxylic acids is 2. The summed E-state index contributed by atoms with van der Waals surface area (Å²) >= 11 is 0. The molecule has 0 aromatic heterocycles. The summed E-state index contributed by atoms with van der Waals surface area (Å²) in [5, 5.41) is 2.12. The van der Waals surface area contributed by atoms with Crippen molar-refractivity contribution < 1.29 is 19.1 Å². The second-order valence-corrected chi connectivity index (χ2v) is 5.50. The summed E-state index contributed by atoms with van der Waals surface area (Å²) in [5.74, 6) is 0.227. The molecule has 0 heterocycles. The van der Waals surface area contributed by atoms with Gasteiger partial charge >= 0.3 is 0 Å². The van der Waals surface area contributed by atoms with E-state index in [0.29, 0.717) is 11.5 Å². The van der Waals surface area contributed by atoms with Crippen LogP contribution in [0.5, 0.6) is 11.5 Å². The summed E-state index contributed by atoms with van der Waals surface area (Å²) in [6.07, 6.45) is 0. The van der Waals surface area contributed by atoms with Gasteiger partial charge in [0, 0.05) is 0 Å². The van der Waals surface area contributed by atoms with Crippen LogP contribution in [-0.2, 0) is 9.59 Å². The van der Waals surface area contributed by atoms with E-state index in [0.717, 1.165) is 10.8 Å². The smallest absolute Gasteiger partial charge is 0.276 e. The van der Waals surface area contributed by atoms with Gasteiger partial charge in [0.2, 0.25) is 0 Å². The Bertz CT molecular complexity index is 896. The first-order valence-corrected chi connectivity index (χ1v) is 8.08. The topological polar surface area (TPSA) is 76.7 Å². The second kappa shape index (κ2) is 8.53. The summed E-state index contributed by atoms with van der Waals surface area (Å²) in [6.45, 7) is -0.409. The first-order valence-electron chi connectivity index (χ1n) is 8.08. The molecule has 0 atom stereocenters. The van der Waals surface area contributed by atoms with Gasteiger partial charge in [0.15, 0.2) is 13.2 Å². The maximum absolute atomic E-state index is 11.8. The van der Waals surface area contributed by atoms with Gasteiger partial charge in [0.25, 0.3) is 11.8 Å². The molecule has 3 rings (SSSR count). The van der Waals surface area contributed by atoms with Gasteiger partial charge < -0.3 is 9.47 Å². The third-order valence-corrected chi connectivity index (χ3v) is 3.55. The van der Waals surface area contributed by atoms with Crippen LogP contribution in [0.2, 0.25) is 0 Å². The van der Waals surface area contributed by atoms with Gasteiger partial charge in [-0.1, -0.05) is 48.5 Å². The molecular weight excluding hydrogens is 332 g/mol. The summed E-state index contributed by atoms with van der Waals surface area (Å²) < 4.78 is 10.7. The molecule has 0 unspecified atom stereocenters. The minimum atomic E-state index is -0.466. The molecule has 0 spiro atoms. The van der Waals surface area contributed by atoms with Crippen LogP contribution in [0.4, 0.5) is 0 Å². The fourth-order valence-electron chi connectivity index (χ4n) is 2.28. The summed E-state index contributed by atoms with van der Waals surface area (Å²) in [4.78, 5) is 23.4. The molecular formula is C20H18N2O4. The number of hydrazine groups is 1. The van der Waals surface area contributed by atoms with Crippen LogP contribution in [0.15, 0.2) is 72.8 Å². The Labute approximate surface area is 150 Å².